The maximum Gasteiger partial charge on any atom is 0.255 e. The molecule has 0 spiro atoms. The molecule has 4 aromatic rings. The van der Waals surface area contributed by atoms with Crippen molar-refractivity contribution in [2.45, 2.75) is 25.3 Å². The third kappa shape index (κ3) is 3.96. The number of piperidine rings is 1. The molecule has 0 unspecified atom stereocenters. The summed E-state index contributed by atoms with van der Waals surface area (Å²) >= 11 is 6.25. The summed E-state index contributed by atoms with van der Waals surface area (Å²) < 4.78 is 2.40. The first-order valence-electron chi connectivity index (χ1n) is 10.7. The number of amides is 1. The Morgan fingerprint density at radius 1 is 0.903 bits per heavy atom. The number of carbonyl (C=O) groups excluding carboxylic acids is 1. The first-order chi connectivity index (χ1) is 15.2. The quantitative estimate of drug-likeness (QED) is 0.413. The maximum absolute atomic E-state index is 13.0. The van der Waals surface area contributed by atoms with Crippen LogP contribution in [0.5, 0.6) is 0 Å². The Morgan fingerprint density at radius 2 is 1.58 bits per heavy atom. The molecular weight excluding hydrogens is 406 g/mol. The molecule has 5 rings (SSSR count). The predicted molar refractivity (Wildman–Crippen MR) is 125 cm³/mol. The van der Waals surface area contributed by atoms with E-state index in [0.29, 0.717) is 29.7 Å². The molecule has 0 aliphatic carbocycles. The van der Waals surface area contributed by atoms with Gasteiger partial charge in [0.15, 0.2) is 0 Å². The van der Waals surface area contributed by atoms with Crippen LogP contribution in [0.1, 0.15) is 40.6 Å². The number of nitrogens with zero attached hydrogens (tertiary/aromatic N) is 3. The van der Waals surface area contributed by atoms with E-state index < -0.39 is 0 Å². The number of rotatable bonds is 4. The van der Waals surface area contributed by atoms with Crippen LogP contribution in [0.2, 0.25) is 5.02 Å². The number of hydrogen-bond donors (Lipinski definition) is 0. The molecule has 1 fully saturated rings. The number of fused-ring (bicyclic) bond motifs is 1. The van der Waals surface area contributed by atoms with Gasteiger partial charge in [-0.2, -0.15) is 0 Å². The lowest BCUT2D eigenvalue weighted by Gasteiger charge is -2.34. The van der Waals surface area contributed by atoms with Crippen molar-refractivity contribution in [3.05, 3.63) is 101 Å². The van der Waals surface area contributed by atoms with Gasteiger partial charge in [-0.3, -0.25) is 4.79 Å². The number of carbonyl (C=O) groups is 1. The number of para-hydroxylation sites is 2. The van der Waals surface area contributed by atoms with Crippen LogP contribution >= 0.6 is 11.6 Å². The van der Waals surface area contributed by atoms with Crippen molar-refractivity contribution in [1.82, 2.24) is 14.5 Å². The summed E-state index contributed by atoms with van der Waals surface area (Å²) in [6.07, 6.45) is 2.60. The molecule has 0 bridgehead atoms. The van der Waals surface area contributed by atoms with Crippen molar-refractivity contribution in [3.63, 3.8) is 0 Å². The fraction of sp³-hybridized carbons (Fsp3) is 0.231. The van der Waals surface area contributed by atoms with Crippen LogP contribution in [0.15, 0.2) is 78.9 Å². The standard InChI is InChI=1S/C26H24ClN3O/c27-22-11-5-4-10-21(22)26(31)29-16-14-20(15-17-29)30-24-13-7-6-12-23(24)28-25(30)18-19-8-2-1-3-9-19/h1-13,20H,14-18H2. The van der Waals surface area contributed by atoms with Gasteiger partial charge >= 0.3 is 0 Å². The van der Waals surface area contributed by atoms with E-state index in [2.05, 4.69) is 47.0 Å². The summed E-state index contributed by atoms with van der Waals surface area (Å²) in [6, 6.07) is 26.4. The second kappa shape index (κ2) is 8.56. The van der Waals surface area contributed by atoms with Gasteiger partial charge in [-0.15, -0.1) is 0 Å². The van der Waals surface area contributed by atoms with Gasteiger partial charge in [0.05, 0.1) is 21.6 Å². The van der Waals surface area contributed by atoms with Gasteiger partial charge in [0.2, 0.25) is 0 Å². The first-order valence-corrected chi connectivity index (χ1v) is 11.1. The zero-order valence-corrected chi connectivity index (χ0v) is 18.0. The molecule has 0 radical (unpaired) electrons. The molecule has 0 N–H and O–H groups in total. The topological polar surface area (TPSA) is 38.1 Å². The molecule has 5 heteroatoms. The molecule has 0 atom stereocenters. The van der Waals surface area contributed by atoms with Crippen LogP contribution < -0.4 is 0 Å². The predicted octanol–water partition coefficient (Wildman–Crippen LogP) is 5.76. The highest BCUT2D eigenvalue weighted by atomic mass is 35.5. The Balaban J connectivity index is 1.40. The maximum atomic E-state index is 13.0. The Bertz CT molecular complexity index is 1210. The minimum atomic E-state index is 0.0176. The van der Waals surface area contributed by atoms with Gasteiger partial charge in [-0.25, -0.2) is 4.98 Å². The van der Waals surface area contributed by atoms with E-state index in [1.54, 1.807) is 12.1 Å². The van der Waals surface area contributed by atoms with E-state index in [9.17, 15) is 4.79 Å². The molecule has 1 saturated heterocycles. The number of benzene rings is 3. The van der Waals surface area contributed by atoms with Crippen LogP contribution in [0.25, 0.3) is 11.0 Å². The van der Waals surface area contributed by atoms with Crippen LogP contribution in [-0.2, 0) is 6.42 Å². The van der Waals surface area contributed by atoms with Crippen LogP contribution in [0.4, 0.5) is 0 Å². The SMILES string of the molecule is O=C(c1ccccc1Cl)N1CCC(n2c(Cc3ccccc3)nc3ccccc32)CC1. The normalized spacial score (nSPS) is 14.8. The second-order valence-corrected chi connectivity index (χ2v) is 8.46. The zero-order valence-electron chi connectivity index (χ0n) is 17.2. The Morgan fingerprint density at radius 3 is 2.35 bits per heavy atom. The molecule has 4 nitrogen and oxygen atoms in total. The zero-order chi connectivity index (χ0) is 21.2. The van der Waals surface area contributed by atoms with Crippen molar-refractivity contribution in [2.75, 3.05) is 13.1 Å². The summed E-state index contributed by atoms with van der Waals surface area (Å²) in [7, 11) is 0. The monoisotopic (exact) mass is 429 g/mol. The van der Waals surface area contributed by atoms with E-state index in [1.807, 2.05) is 29.2 Å². The van der Waals surface area contributed by atoms with Gasteiger partial charge in [0, 0.05) is 25.6 Å². The van der Waals surface area contributed by atoms with E-state index in [-0.39, 0.29) is 5.91 Å². The van der Waals surface area contributed by atoms with Crippen molar-refractivity contribution in [1.29, 1.82) is 0 Å². The summed E-state index contributed by atoms with van der Waals surface area (Å²) in [5.74, 6) is 1.10. The lowest BCUT2D eigenvalue weighted by molar-refractivity contribution is 0.0695. The molecule has 156 valence electrons. The van der Waals surface area contributed by atoms with Gasteiger partial charge in [-0.1, -0.05) is 66.2 Å². The molecular formula is C26H24ClN3O. The summed E-state index contributed by atoms with van der Waals surface area (Å²) in [5, 5.41) is 0.514. The van der Waals surface area contributed by atoms with E-state index in [0.717, 1.165) is 30.6 Å². The molecule has 1 amide bonds. The Kier molecular flexibility index (Phi) is 5.47. The highest BCUT2D eigenvalue weighted by Crippen LogP contribution is 2.31. The molecule has 3 aromatic carbocycles. The molecule has 31 heavy (non-hydrogen) atoms. The van der Waals surface area contributed by atoms with Crippen LogP contribution in [-0.4, -0.2) is 33.4 Å². The van der Waals surface area contributed by atoms with Gasteiger partial charge < -0.3 is 9.47 Å². The van der Waals surface area contributed by atoms with Crippen LogP contribution in [0.3, 0.4) is 0 Å². The Hall–Kier alpha value is -3.11. The minimum Gasteiger partial charge on any atom is -0.338 e. The summed E-state index contributed by atoms with van der Waals surface area (Å²) in [5.41, 5.74) is 4.04. The average Bonchev–Trinajstić information content (AvgIpc) is 3.17. The number of likely N-dealkylation sites (tertiary alicyclic amines) is 1. The molecule has 2 heterocycles. The van der Waals surface area contributed by atoms with E-state index in [1.165, 1.54) is 11.1 Å². The fourth-order valence-electron chi connectivity index (χ4n) is 4.54. The largest absolute Gasteiger partial charge is 0.338 e. The first kappa shape index (κ1) is 19.8. The highest BCUT2D eigenvalue weighted by molar-refractivity contribution is 6.33. The van der Waals surface area contributed by atoms with E-state index >= 15 is 0 Å². The van der Waals surface area contributed by atoms with Gasteiger partial charge in [-0.05, 0) is 42.7 Å². The smallest absolute Gasteiger partial charge is 0.255 e. The fourth-order valence-corrected chi connectivity index (χ4v) is 4.75. The third-order valence-electron chi connectivity index (χ3n) is 6.10. The highest BCUT2D eigenvalue weighted by Gasteiger charge is 2.28. The van der Waals surface area contributed by atoms with Crippen molar-refractivity contribution < 1.29 is 4.79 Å². The van der Waals surface area contributed by atoms with Crippen molar-refractivity contribution in [2.24, 2.45) is 0 Å². The lowest BCUT2D eigenvalue weighted by Crippen LogP contribution is -2.39. The average molecular weight is 430 g/mol. The van der Waals surface area contributed by atoms with Crippen molar-refractivity contribution >= 4 is 28.5 Å². The number of hydrogen-bond acceptors (Lipinski definition) is 2. The Labute approximate surface area is 187 Å². The second-order valence-electron chi connectivity index (χ2n) is 8.05. The third-order valence-corrected chi connectivity index (χ3v) is 6.42. The number of halogens is 1. The molecule has 1 aliphatic rings. The molecule has 0 saturated carbocycles. The van der Waals surface area contributed by atoms with Crippen LogP contribution in [0, 0.1) is 0 Å². The summed E-state index contributed by atoms with van der Waals surface area (Å²) in [6.45, 7) is 1.43. The van der Waals surface area contributed by atoms with Crippen molar-refractivity contribution in [3.8, 4) is 0 Å². The van der Waals surface area contributed by atoms with Gasteiger partial charge in [0.1, 0.15) is 5.82 Å². The van der Waals surface area contributed by atoms with E-state index in [4.69, 9.17) is 16.6 Å². The summed E-state index contributed by atoms with van der Waals surface area (Å²) in [4.78, 5) is 19.8. The minimum absolute atomic E-state index is 0.0176. The molecule has 1 aromatic heterocycles. The number of imidazole rings is 1. The number of aromatic nitrogens is 2. The van der Waals surface area contributed by atoms with Gasteiger partial charge in [0.25, 0.3) is 5.91 Å². The molecule has 1 aliphatic heterocycles. The lowest BCUT2D eigenvalue weighted by atomic mass is 10.0.